The van der Waals surface area contributed by atoms with Gasteiger partial charge in [0.2, 0.25) is 5.95 Å². The minimum Gasteiger partial charge on any atom is -0.339 e. The molecule has 27 heavy (non-hydrogen) atoms. The number of aromatic nitrogens is 2. The molecule has 3 rings (SSSR count). The monoisotopic (exact) mass is 354 g/mol. The molecule has 0 saturated heterocycles. The second-order valence-electron chi connectivity index (χ2n) is 6.28. The van der Waals surface area contributed by atoms with Crippen LogP contribution in [0.25, 0.3) is 0 Å². The highest BCUT2D eigenvalue weighted by atomic mass is 15.1. The van der Waals surface area contributed by atoms with Gasteiger partial charge >= 0.3 is 0 Å². The van der Waals surface area contributed by atoms with E-state index in [2.05, 4.69) is 32.7 Å². The van der Waals surface area contributed by atoms with Crippen LogP contribution in [0.3, 0.4) is 0 Å². The molecule has 0 spiro atoms. The number of hydrogen-bond donors (Lipinski definition) is 2. The minimum absolute atomic E-state index is 0.427. The van der Waals surface area contributed by atoms with Gasteiger partial charge in [0.25, 0.3) is 0 Å². The lowest BCUT2D eigenvalue weighted by atomic mass is 10.0. The van der Waals surface area contributed by atoms with Crippen molar-refractivity contribution in [2.75, 3.05) is 10.6 Å². The third kappa shape index (κ3) is 4.02. The zero-order chi connectivity index (χ0) is 19.4. The molecule has 0 aliphatic carbocycles. The van der Waals surface area contributed by atoms with E-state index in [-0.39, 0.29) is 0 Å². The predicted molar refractivity (Wildman–Crippen MR) is 105 cm³/mol. The Morgan fingerprint density at radius 2 is 1.63 bits per heavy atom. The van der Waals surface area contributed by atoms with Crippen molar-refractivity contribution in [3.8, 4) is 12.1 Å². The van der Waals surface area contributed by atoms with Gasteiger partial charge < -0.3 is 10.6 Å². The first-order valence-electron chi connectivity index (χ1n) is 8.39. The van der Waals surface area contributed by atoms with Gasteiger partial charge in [-0.05, 0) is 62.2 Å². The molecule has 0 unspecified atom stereocenters. The van der Waals surface area contributed by atoms with E-state index in [4.69, 9.17) is 5.26 Å². The summed E-state index contributed by atoms with van der Waals surface area (Å²) in [4.78, 5) is 8.84. The SMILES string of the molecule is Cc1cc(C)c(Nc2nc(Nc3ccc(C#N)cc3)ncc2C)c(C#N)c1. The Balaban J connectivity index is 1.90. The lowest BCUT2D eigenvalue weighted by Gasteiger charge is -2.14. The first kappa shape index (κ1) is 17.9. The second-order valence-corrected chi connectivity index (χ2v) is 6.28. The van der Waals surface area contributed by atoms with Gasteiger partial charge in [0, 0.05) is 17.4 Å². The summed E-state index contributed by atoms with van der Waals surface area (Å²) < 4.78 is 0. The first-order chi connectivity index (χ1) is 13.0. The quantitative estimate of drug-likeness (QED) is 0.709. The van der Waals surface area contributed by atoms with E-state index in [0.717, 1.165) is 28.1 Å². The smallest absolute Gasteiger partial charge is 0.229 e. The summed E-state index contributed by atoms with van der Waals surface area (Å²) in [7, 11) is 0. The molecule has 0 aliphatic rings. The van der Waals surface area contributed by atoms with Gasteiger partial charge in [-0.2, -0.15) is 15.5 Å². The molecule has 0 fully saturated rings. The molecule has 0 amide bonds. The predicted octanol–water partition coefficient (Wildman–Crippen LogP) is 4.63. The van der Waals surface area contributed by atoms with Crippen LogP contribution in [0, 0.1) is 43.4 Å². The molecule has 2 aromatic carbocycles. The van der Waals surface area contributed by atoms with Gasteiger partial charge in [-0.25, -0.2) is 4.98 Å². The normalized spacial score (nSPS) is 9.96. The van der Waals surface area contributed by atoms with E-state index in [0.29, 0.717) is 22.9 Å². The van der Waals surface area contributed by atoms with Crippen LogP contribution in [-0.4, -0.2) is 9.97 Å². The van der Waals surface area contributed by atoms with Crippen LogP contribution in [0.15, 0.2) is 42.6 Å². The second kappa shape index (κ2) is 7.55. The number of hydrogen-bond acceptors (Lipinski definition) is 6. The maximum atomic E-state index is 9.45. The Bertz CT molecular complexity index is 1070. The molecule has 1 heterocycles. The topological polar surface area (TPSA) is 97.4 Å². The molecule has 0 atom stereocenters. The number of nitrogens with one attached hydrogen (secondary N) is 2. The van der Waals surface area contributed by atoms with Crippen LogP contribution in [0.2, 0.25) is 0 Å². The Morgan fingerprint density at radius 3 is 2.30 bits per heavy atom. The first-order valence-corrected chi connectivity index (χ1v) is 8.39. The fourth-order valence-corrected chi connectivity index (χ4v) is 2.73. The van der Waals surface area contributed by atoms with E-state index in [1.165, 1.54) is 0 Å². The molecule has 0 radical (unpaired) electrons. The van der Waals surface area contributed by atoms with Crippen LogP contribution in [0.5, 0.6) is 0 Å². The average molecular weight is 354 g/mol. The summed E-state index contributed by atoms with van der Waals surface area (Å²) in [5.74, 6) is 1.06. The standard InChI is InChI=1S/C21H18N6/c1-13-8-14(2)19(17(9-13)11-23)26-20-15(3)12-24-21(27-20)25-18-6-4-16(10-22)5-7-18/h4-9,12H,1-3H3,(H2,24,25,26,27). The molecular formula is C21H18N6. The molecule has 0 saturated carbocycles. The van der Waals surface area contributed by atoms with Crippen molar-refractivity contribution in [1.82, 2.24) is 9.97 Å². The summed E-state index contributed by atoms with van der Waals surface area (Å²) in [5.41, 5.74) is 5.58. The number of rotatable bonds is 4. The van der Waals surface area contributed by atoms with Gasteiger partial charge in [0.15, 0.2) is 0 Å². The molecule has 0 bridgehead atoms. The lowest BCUT2D eigenvalue weighted by Crippen LogP contribution is -2.05. The third-order valence-corrected chi connectivity index (χ3v) is 4.09. The molecule has 2 N–H and O–H groups in total. The zero-order valence-electron chi connectivity index (χ0n) is 15.3. The van der Waals surface area contributed by atoms with Gasteiger partial charge in [-0.1, -0.05) is 6.07 Å². The summed E-state index contributed by atoms with van der Waals surface area (Å²) in [6.45, 7) is 5.83. The van der Waals surface area contributed by atoms with Crippen molar-refractivity contribution in [2.24, 2.45) is 0 Å². The van der Waals surface area contributed by atoms with Gasteiger partial charge in [0.05, 0.1) is 22.9 Å². The Labute approximate surface area is 158 Å². The van der Waals surface area contributed by atoms with Crippen LogP contribution >= 0.6 is 0 Å². The highest BCUT2D eigenvalue weighted by molar-refractivity contribution is 5.71. The average Bonchev–Trinajstić information content (AvgIpc) is 2.66. The van der Waals surface area contributed by atoms with Gasteiger partial charge in [-0.15, -0.1) is 0 Å². The van der Waals surface area contributed by atoms with Crippen LogP contribution < -0.4 is 10.6 Å². The number of anilines is 4. The highest BCUT2D eigenvalue weighted by Gasteiger charge is 2.11. The number of nitriles is 2. The maximum Gasteiger partial charge on any atom is 0.229 e. The molecule has 1 aromatic heterocycles. The van der Waals surface area contributed by atoms with Gasteiger partial charge in [-0.3, -0.25) is 0 Å². The van der Waals surface area contributed by atoms with E-state index >= 15 is 0 Å². The summed E-state index contributed by atoms with van der Waals surface area (Å²) >= 11 is 0. The largest absolute Gasteiger partial charge is 0.339 e. The summed E-state index contributed by atoms with van der Waals surface area (Å²) in [6, 6.07) is 15.2. The molecule has 6 heteroatoms. The number of nitrogens with zero attached hydrogens (tertiary/aromatic N) is 4. The van der Waals surface area contributed by atoms with Crippen molar-refractivity contribution in [3.05, 3.63) is 70.4 Å². The fraction of sp³-hybridized carbons (Fsp3) is 0.143. The molecule has 0 aliphatic heterocycles. The van der Waals surface area contributed by atoms with Crippen molar-refractivity contribution in [2.45, 2.75) is 20.8 Å². The van der Waals surface area contributed by atoms with E-state index in [9.17, 15) is 5.26 Å². The Hall–Kier alpha value is -3.90. The van der Waals surface area contributed by atoms with Crippen LogP contribution in [0.4, 0.5) is 23.1 Å². The van der Waals surface area contributed by atoms with Crippen molar-refractivity contribution >= 4 is 23.1 Å². The zero-order valence-corrected chi connectivity index (χ0v) is 15.3. The molecule has 3 aromatic rings. The lowest BCUT2D eigenvalue weighted by molar-refractivity contribution is 1.13. The molecule has 132 valence electrons. The van der Waals surface area contributed by atoms with E-state index < -0.39 is 0 Å². The molecule has 6 nitrogen and oxygen atoms in total. The maximum absolute atomic E-state index is 9.45. The van der Waals surface area contributed by atoms with Crippen molar-refractivity contribution in [1.29, 1.82) is 10.5 Å². The summed E-state index contributed by atoms with van der Waals surface area (Å²) in [6.07, 6.45) is 1.72. The van der Waals surface area contributed by atoms with Crippen molar-refractivity contribution < 1.29 is 0 Å². The fourth-order valence-electron chi connectivity index (χ4n) is 2.73. The molecular weight excluding hydrogens is 336 g/mol. The number of benzene rings is 2. The Morgan fingerprint density at radius 1 is 0.889 bits per heavy atom. The number of aryl methyl sites for hydroxylation is 3. The van der Waals surface area contributed by atoms with Crippen LogP contribution in [0.1, 0.15) is 27.8 Å². The minimum atomic E-state index is 0.427. The van der Waals surface area contributed by atoms with E-state index in [1.807, 2.05) is 32.9 Å². The third-order valence-electron chi connectivity index (χ3n) is 4.09. The van der Waals surface area contributed by atoms with Crippen LogP contribution in [-0.2, 0) is 0 Å². The highest BCUT2D eigenvalue weighted by Crippen LogP contribution is 2.27. The Kier molecular flexibility index (Phi) is 5.01. The van der Waals surface area contributed by atoms with E-state index in [1.54, 1.807) is 30.5 Å². The van der Waals surface area contributed by atoms with Gasteiger partial charge in [0.1, 0.15) is 11.9 Å². The van der Waals surface area contributed by atoms with Crippen molar-refractivity contribution in [3.63, 3.8) is 0 Å². The summed E-state index contributed by atoms with van der Waals surface area (Å²) in [5, 5.41) is 24.7.